The lowest BCUT2D eigenvalue weighted by Gasteiger charge is -2.20. The molecule has 0 aliphatic heterocycles. The first-order valence-corrected chi connectivity index (χ1v) is 9.79. The second-order valence-electron chi connectivity index (χ2n) is 6.69. The second kappa shape index (κ2) is 9.80. The Kier molecular flexibility index (Phi) is 7.75. The van der Waals surface area contributed by atoms with E-state index in [0.717, 1.165) is 30.2 Å². The molecule has 0 saturated heterocycles. The van der Waals surface area contributed by atoms with Gasteiger partial charge < -0.3 is 15.4 Å². The summed E-state index contributed by atoms with van der Waals surface area (Å²) in [4.78, 5) is 24.5. The Morgan fingerprint density at radius 3 is 2.52 bits per heavy atom. The molecule has 2 N–H and O–H groups in total. The Bertz CT molecular complexity index is 598. The van der Waals surface area contributed by atoms with Gasteiger partial charge in [0.05, 0.1) is 11.7 Å². The van der Waals surface area contributed by atoms with Gasteiger partial charge in [-0.3, -0.25) is 9.59 Å². The Morgan fingerprint density at radius 1 is 1.16 bits per heavy atom. The van der Waals surface area contributed by atoms with Crippen molar-refractivity contribution >= 4 is 27.7 Å². The lowest BCUT2D eigenvalue weighted by atomic mass is 9.89. The monoisotopic (exact) mass is 410 g/mol. The number of rotatable bonds is 7. The van der Waals surface area contributed by atoms with Crippen molar-refractivity contribution in [2.24, 2.45) is 5.92 Å². The number of amides is 2. The van der Waals surface area contributed by atoms with Crippen molar-refractivity contribution in [1.82, 2.24) is 10.6 Å². The maximum Gasteiger partial charge on any atom is 0.255 e. The molecule has 1 fully saturated rings. The average Bonchev–Trinajstić information content (AvgIpc) is 2.58. The SMILES string of the molecule is CC(C)Oc1cc(Br)ccc1C(=O)NCCNC(=O)C1CCCCC1. The minimum Gasteiger partial charge on any atom is -0.490 e. The number of carbonyl (C=O) groups is 2. The summed E-state index contributed by atoms with van der Waals surface area (Å²) < 4.78 is 6.57. The van der Waals surface area contributed by atoms with Gasteiger partial charge in [0.25, 0.3) is 5.91 Å². The molecular formula is C19H27BrN2O3. The van der Waals surface area contributed by atoms with Gasteiger partial charge in [0.2, 0.25) is 5.91 Å². The molecule has 6 heteroatoms. The third-order valence-corrected chi connectivity index (χ3v) is 4.73. The van der Waals surface area contributed by atoms with Crippen LogP contribution in [0.5, 0.6) is 5.75 Å². The molecule has 0 spiro atoms. The average molecular weight is 411 g/mol. The summed E-state index contributed by atoms with van der Waals surface area (Å²) in [6.45, 7) is 4.68. The standard InChI is InChI=1S/C19H27BrN2O3/c1-13(2)25-17-12-15(20)8-9-16(17)19(24)22-11-10-21-18(23)14-6-4-3-5-7-14/h8-9,12-14H,3-7,10-11H2,1-2H3,(H,21,23)(H,22,24). The largest absolute Gasteiger partial charge is 0.490 e. The fourth-order valence-electron chi connectivity index (χ4n) is 3.00. The number of ether oxygens (including phenoxy) is 1. The molecule has 1 aromatic rings. The van der Waals surface area contributed by atoms with Gasteiger partial charge in [-0.2, -0.15) is 0 Å². The van der Waals surface area contributed by atoms with Crippen LogP contribution in [0.25, 0.3) is 0 Å². The number of benzene rings is 1. The van der Waals surface area contributed by atoms with Crippen LogP contribution in [0.15, 0.2) is 22.7 Å². The molecule has 25 heavy (non-hydrogen) atoms. The number of hydrogen-bond acceptors (Lipinski definition) is 3. The van der Waals surface area contributed by atoms with Crippen molar-refractivity contribution < 1.29 is 14.3 Å². The molecule has 1 aliphatic carbocycles. The molecule has 0 radical (unpaired) electrons. The van der Waals surface area contributed by atoms with Crippen molar-refractivity contribution in [3.05, 3.63) is 28.2 Å². The molecule has 5 nitrogen and oxygen atoms in total. The molecule has 0 heterocycles. The van der Waals surface area contributed by atoms with E-state index in [2.05, 4.69) is 26.6 Å². The van der Waals surface area contributed by atoms with E-state index in [9.17, 15) is 9.59 Å². The predicted molar refractivity (Wildman–Crippen MR) is 102 cm³/mol. The highest BCUT2D eigenvalue weighted by Gasteiger charge is 2.20. The van der Waals surface area contributed by atoms with E-state index < -0.39 is 0 Å². The van der Waals surface area contributed by atoms with E-state index in [4.69, 9.17) is 4.74 Å². The zero-order chi connectivity index (χ0) is 18.2. The van der Waals surface area contributed by atoms with Gasteiger partial charge in [-0.25, -0.2) is 0 Å². The van der Waals surface area contributed by atoms with Gasteiger partial charge in [0, 0.05) is 23.5 Å². The van der Waals surface area contributed by atoms with Crippen molar-refractivity contribution in [3.8, 4) is 5.75 Å². The summed E-state index contributed by atoms with van der Waals surface area (Å²) in [5, 5.41) is 5.76. The van der Waals surface area contributed by atoms with Crippen LogP contribution in [0.4, 0.5) is 0 Å². The van der Waals surface area contributed by atoms with Crippen LogP contribution in [-0.2, 0) is 4.79 Å². The minimum absolute atomic E-state index is 0.0179. The number of nitrogens with one attached hydrogen (secondary N) is 2. The van der Waals surface area contributed by atoms with Crippen LogP contribution in [0.3, 0.4) is 0 Å². The summed E-state index contributed by atoms with van der Waals surface area (Å²) in [5.74, 6) is 0.603. The summed E-state index contributed by atoms with van der Waals surface area (Å²) in [7, 11) is 0. The Hall–Kier alpha value is -1.56. The number of carbonyl (C=O) groups excluding carboxylic acids is 2. The van der Waals surface area contributed by atoms with Crippen molar-refractivity contribution in [1.29, 1.82) is 0 Å². The van der Waals surface area contributed by atoms with Crippen LogP contribution < -0.4 is 15.4 Å². The Morgan fingerprint density at radius 2 is 1.84 bits per heavy atom. The Labute approximate surface area is 158 Å². The van der Waals surface area contributed by atoms with Crippen LogP contribution in [0, 0.1) is 5.92 Å². The van der Waals surface area contributed by atoms with Crippen molar-refractivity contribution in [2.75, 3.05) is 13.1 Å². The lowest BCUT2D eigenvalue weighted by molar-refractivity contribution is -0.125. The summed E-state index contributed by atoms with van der Waals surface area (Å²) >= 11 is 3.39. The smallest absolute Gasteiger partial charge is 0.255 e. The molecule has 0 atom stereocenters. The maximum absolute atomic E-state index is 12.4. The summed E-state index contributed by atoms with van der Waals surface area (Å²) in [5.41, 5.74) is 0.496. The molecule has 2 amide bonds. The second-order valence-corrected chi connectivity index (χ2v) is 7.60. The molecule has 0 aromatic heterocycles. The normalized spacial score (nSPS) is 15.0. The van der Waals surface area contributed by atoms with Crippen LogP contribution in [-0.4, -0.2) is 31.0 Å². The third-order valence-electron chi connectivity index (χ3n) is 4.24. The van der Waals surface area contributed by atoms with E-state index in [1.165, 1.54) is 6.42 Å². The lowest BCUT2D eigenvalue weighted by Crippen LogP contribution is -2.38. The van der Waals surface area contributed by atoms with E-state index >= 15 is 0 Å². The Balaban J connectivity index is 1.81. The highest BCUT2D eigenvalue weighted by atomic mass is 79.9. The third kappa shape index (κ3) is 6.34. The predicted octanol–water partition coefficient (Wildman–Crippen LogP) is 3.66. The zero-order valence-electron chi connectivity index (χ0n) is 14.9. The molecule has 1 aliphatic rings. The highest BCUT2D eigenvalue weighted by molar-refractivity contribution is 9.10. The van der Waals surface area contributed by atoms with Gasteiger partial charge in [-0.15, -0.1) is 0 Å². The highest BCUT2D eigenvalue weighted by Crippen LogP contribution is 2.25. The van der Waals surface area contributed by atoms with Crippen LogP contribution in [0.1, 0.15) is 56.3 Å². The molecular weight excluding hydrogens is 384 g/mol. The van der Waals surface area contributed by atoms with E-state index in [-0.39, 0.29) is 23.8 Å². The molecule has 0 bridgehead atoms. The van der Waals surface area contributed by atoms with Gasteiger partial charge in [-0.05, 0) is 44.9 Å². The van der Waals surface area contributed by atoms with E-state index in [0.29, 0.717) is 24.4 Å². The van der Waals surface area contributed by atoms with Gasteiger partial charge in [-0.1, -0.05) is 35.2 Å². The zero-order valence-corrected chi connectivity index (χ0v) is 16.5. The van der Waals surface area contributed by atoms with Gasteiger partial charge in [0.1, 0.15) is 5.75 Å². The fourth-order valence-corrected chi connectivity index (χ4v) is 3.34. The van der Waals surface area contributed by atoms with Gasteiger partial charge >= 0.3 is 0 Å². The van der Waals surface area contributed by atoms with E-state index in [1.807, 2.05) is 19.9 Å². The van der Waals surface area contributed by atoms with Crippen LogP contribution in [0.2, 0.25) is 0 Å². The molecule has 138 valence electrons. The first-order chi connectivity index (χ1) is 12.0. The quantitative estimate of drug-likeness (QED) is 0.673. The number of halogens is 1. The maximum atomic E-state index is 12.4. The summed E-state index contributed by atoms with van der Waals surface area (Å²) in [6, 6.07) is 5.34. The first kappa shape index (κ1) is 19.8. The molecule has 2 rings (SSSR count). The fraction of sp³-hybridized carbons (Fsp3) is 0.579. The first-order valence-electron chi connectivity index (χ1n) is 8.99. The minimum atomic E-state index is -0.199. The molecule has 1 aromatic carbocycles. The van der Waals surface area contributed by atoms with Gasteiger partial charge in [0.15, 0.2) is 0 Å². The number of hydrogen-bond donors (Lipinski definition) is 2. The summed E-state index contributed by atoms with van der Waals surface area (Å²) in [6.07, 6.45) is 5.44. The van der Waals surface area contributed by atoms with Crippen LogP contribution >= 0.6 is 15.9 Å². The van der Waals surface area contributed by atoms with Crippen molar-refractivity contribution in [2.45, 2.75) is 52.1 Å². The molecule has 0 unspecified atom stereocenters. The van der Waals surface area contributed by atoms with E-state index in [1.54, 1.807) is 12.1 Å². The van der Waals surface area contributed by atoms with Crippen molar-refractivity contribution in [3.63, 3.8) is 0 Å². The topological polar surface area (TPSA) is 67.4 Å². The molecule has 1 saturated carbocycles.